The first kappa shape index (κ1) is 18.1. The fourth-order valence-electron chi connectivity index (χ4n) is 3.14. The minimum atomic E-state index is -0.446. The monoisotopic (exact) mass is 355 g/mol. The number of fused-ring (bicyclic) bond motifs is 1. The summed E-state index contributed by atoms with van der Waals surface area (Å²) in [6, 6.07) is 11.4. The van der Waals surface area contributed by atoms with Gasteiger partial charge in [0.1, 0.15) is 17.1 Å². The molecule has 0 aliphatic rings. The predicted molar refractivity (Wildman–Crippen MR) is 99.7 cm³/mol. The summed E-state index contributed by atoms with van der Waals surface area (Å²) in [5.41, 5.74) is 2.46. The molecule has 0 unspecified atom stereocenters. The van der Waals surface area contributed by atoms with E-state index >= 15 is 0 Å². The van der Waals surface area contributed by atoms with Crippen molar-refractivity contribution < 1.29 is 13.9 Å². The van der Waals surface area contributed by atoms with Gasteiger partial charge in [-0.05, 0) is 47.9 Å². The quantitative estimate of drug-likeness (QED) is 0.673. The van der Waals surface area contributed by atoms with Crippen LogP contribution in [-0.2, 0) is 19.5 Å². The maximum atomic E-state index is 13.4. The Morgan fingerprint density at radius 2 is 1.88 bits per heavy atom. The molecule has 1 heterocycles. The van der Waals surface area contributed by atoms with Crippen molar-refractivity contribution in [2.24, 2.45) is 0 Å². The van der Waals surface area contributed by atoms with Crippen molar-refractivity contribution >= 4 is 11.0 Å². The molecule has 4 nitrogen and oxygen atoms in total. The molecule has 0 aliphatic heterocycles. The van der Waals surface area contributed by atoms with E-state index in [-0.39, 0.29) is 11.6 Å². The average molecular weight is 355 g/mol. The number of halogens is 1. The summed E-state index contributed by atoms with van der Waals surface area (Å²) in [6.07, 6.45) is 0.682. The number of rotatable bonds is 6. The number of hydrogen-bond donors (Lipinski definition) is 1. The number of aromatic hydroxyl groups is 1. The van der Waals surface area contributed by atoms with Gasteiger partial charge in [0.25, 0.3) is 0 Å². The first-order valence-electron chi connectivity index (χ1n) is 8.75. The van der Waals surface area contributed by atoms with Gasteiger partial charge in [0.2, 0.25) is 0 Å². The summed E-state index contributed by atoms with van der Waals surface area (Å²) in [7, 11) is 0. The van der Waals surface area contributed by atoms with Crippen LogP contribution in [0.25, 0.3) is 11.0 Å². The maximum absolute atomic E-state index is 13.4. The molecule has 0 saturated carbocycles. The molecule has 0 spiro atoms. The third-order valence-electron chi connectivity index (χ3n) is 4.55. The van der Waals surface area contributed by atoms with Crippen LogP contribution in [-0.4, -0.2) is 16.6 Å². The summed E-state index contributed by atoms with van der Waals surface area (Å²) in [4.78, 5) is 14.1. The first-order valence-corrected chi connectivity index (χ1v) is 8.75. The molecule has 0 radical (unpaired) electrons. The average Bonchev–Trinajstić information content (AvgIpc) is 2.60. The normalized spacial score (nSPS) is 11.4. The smallest absolute Gasteiger partial charge is 0.336 e. The van der Waals surface area contributed by atoms with Crippen LogP contribution in [0.15, 0.2) is 51.7 Å². The van der Waals surface area contributed by atoms with Gasteiger partial charge in [0.05, 0.1) is 0 Å². The van der Waals surface area contributed by atoms with Gasteiger partial charge in [-0.2, -0.15) is 0 Å². The van der Waals surface area contributed by atoms with E-state index in [0.29, 0.717) is 25.1 Å². The zero-order valence-electron chi connectivity index (χ0n) is 15.0. The van der Waals surface area contributed by atoms with Gasteiger partial charge >= 0.3 is 5.63 Å². The van der Waals surface area contributed by atoms with Crippen LogP contribution in [0.3, 0.4) is 0 Å². The number of benzene rings is 2. The molecule has 0 bridgehead atoms. The van der Waals surface area contributed by atoms with Crippen LogP contribution in [0.2, 0.25) is 0 Å². The zero-order chi connectivity index (χ0) is 18.7. The van der Waals surface area contributed by atoms with E-state index in [1.54, 1.807) is 6.07 Å². The van der Waals surface area contributed by atoms with E-state index in [4.69, 9.17) is 4.42 Å². The van der Waals surface area contributed by atoms with Crippen molar-refractivity contribution in [1.29, 1.82) is 0 Å². The highest BCUT2D eigenvalue weighted by atomic mass is 19.1. The molecule has 0 saturated heterocycles. The van der Waals surface area contributed by atoms with Crippen molar-refractivity contribution in [1.82, 2.24) is 4.90 Å². The molecule has 0 aliphatic carbocycles. The molecule has 26 heavy (non-hydrogen) atoms. The highest BCUT2D eigenvalue weighted by Crippen LogP contribution is 2.27. The lowest BCUT2D eigenvalue weighted by molar-refractivity contribution is 0.271. The van der Waals surface area contributed by atoms with Crippen LogP contribution in [0, 0.1) is 5.82 Å². The second-order valence-corrected chi connectivity index (χ2v) is 6.35. The lowest BCUT2D eigenvalue weighted by Crippen LogP contribution is -2.23. The van der Waals surface area contributed by atoms with Crippen molar-refractivity contribution in [3.8, 4) is 5.75 Å². The maximum Gasteiger partial charge on any atom is 0.336 e. The third-order valence-corrected chi connectivity index (χ3v) is 4.55. The van der Waals surface area contributed by atoms with Crippen molar-refractivity contribution in [2.75, 3.05) is 6.54 Å². The molecule has 1 N–H and O–H groups in total. The highest BCUT2D eigenvalue weighted by molar-refractivity contribution is 5.82. The van der Waals surface area contributed by atoms with Crippen LogP contribution in [0.5, 0.6) is 5.75 Å². The van der Waals surface area contributed by atoms with Gasteiger partial charge in [0.15, 0.2) is 0 Å². The molecule has 5 heteroatoms. The molecule has 0 amide bonds. The number of aryl methyl sites for hydroxylation is 1. The summed E-state index contributed by atoms with van der Waals surface area (Å²) in [5, 5.41) is 10.8. The summed E-state index contributed by atoms with van der Waals surface area (Å²) in [5.74, 6) is -0.125. The number of phenols is 1. The van der Waals surface area contributed by atoms with Crippen molar-refractivity contribution in [3.05, 3.63) is 75.4 Å². The van der Waals surface area contributed by atoms with Crippen LogP contribution < -0.4 is 5.63 Å². The number of phenolic OH excluding ortho intramolecular Hbond substituents is 1. The van der Waals surface area contributed by atoms with Crippen molar-refractivity contribution in [2.45, 2.75) is 33.4 Å². The number of nitrogens with zero attached hydrogens (tertiary/aromatic N) is 1. The standard InChI is InChI=1S/C21H22FNO3/c1-3-15-9-18-16(10-21(25)26-20(18)11-19(15)24)13-23(4-2)12-14-6-5-7-17(22)8-14/h5-11,24H,3-4,12-13H2,1-2H3. The van der Waals surface area contributed by atoms with Gasteiger partial charge in [-0.25, -0.2) is 9.18 Å². The molecule has 3 rings (SSSR count). The van der Waals surface area contributed by atoms with Crippen LogP contribution >= 0.6 is 0 Å². The van der Waals surface area contributed by atoms with E-state index in [9.17, 15) is 14.3 Å². The number of hydrogen-bond acceptors (Lipinski definition) is 4. The van der Waals surface area contributed by atoms with Crippen molar-refractivity contribution in [3.63, 3.8) is 0 Å². The largest absolute Gasteiger partial charge is 0.508 e. The van der Waals surface area contributed by atoms with Gasteiger partial charge in [0, 0.05) is 30.6 Å². The summed E-state index contributed by atoms with van der Waals surface area (Å²) >= 11 is 0. The Morgan fingerprint density at radius 3 is 2.58 bits per heavy atom. The molecule has 0 atom stereocenters. The molecule has 0 fully saturated rings. The fourth-order valence-corrected chi connectivity index (χ4v) is 3.14. The summed E-state index contributed by atoms with van der Waals surface area (Å²) in [6.45, 7) is 5.84. The van der Waals surface area contributed by atoms with Gasteiger partial charge < -0.3 is 9.52 Å². The van der Waals surface area contributed by atoms with Crippen LogP contribution in [0.1, 0.15) is 30.5 Å². The van der Waals surface area contributed by atoms with E-state index in [0.717, 1.165) is 28.6 Å². The molecule has 2 aromatic carbocycles. The van der Waals surface area contributed by atoms with Gasteiger partial charge in [-0.3, -0.25) is 4.90 Å². The summed E-state index contributed by atoms with van der Waals surface area (Å²) < 4.78 is 18.7. The molecular formula is C21H22FNO3. The Morgan fingerprint density at radius 1 is 1.08 bits per heavy atom. The topological polar surface area (TPSA) is 53.7 Å². The minimum absolute atomic E-state index is 0.132. The van der Waals surface area contributed by atoms with E-state index in [1.165, 1.54) is 24.3 Å². The third kappa shape index (κ3) is 3.94. The minimum Gasteiger partial charge on any atom is -0.508 e. The zero-order valence-corrected chi connectivity index (χ0v) is 15.0. The van der Waals surface area contributed by atoms with Crippen LogP contribution in [0.4, 0.5) is 4.39 Å². The highest BCUT2D eigenvalue weighted by Gasteiger charge is 2.13. The predicted octanol–water partition coefficient (Wildman–Crippen LogP) is 4.22. The van der Waals surface area contributed by atoms with E-state index in [1.807, 2.05) is 26.0 Å². The Hall–Kier alpha value is -2.66. The molecule has 136 valence electrons. The van der Waals surface area contributed by atoms with Gasteiger partial charge in [-0.15, -0.1) is 0 Å². The first-order chi connectivity index (χ1) is 12.5. The van der Waals surface area contributed by atoms with E-state index < -0.39 is 5.63 Å². The molecule has 3 aromatic rings. The molecule has 1 aromatic heterocycles. The second kappa shape index (κ2) is 7.70. The second-order valence-electron chi connectivity index (χ2n) is 6.35. The SMILES string of the molecule is CCc1cc2c(CN(CC)Cc3cccc(F)c3)cc(=O)oc2cc1O. The lowest BCUT2D eigenvalue weighted by atomic mass is 10.0. The Kier molecular flexibility index (Phi) is 5.38. The Bertz CT molecular complexity index is 981. The Balaban J connectivity index is 1.96. The fraction of sp³-hybridized carbons (Fsp3) is 0.286. The molecular weight excluding hydrogens is 333 g/mol. The van der Waals surface area contributed by atoms with Gasteiger partial charge in [-0.1, -0.05) is 26.0 Å². The van der Waals surface area contributed by atoms with E-state index in [2.05, 4.69) is 4.90 Å². The lowest BCUT2D eigenvalue weighted by Gasteiger charge is -2.21. The Labute approximate surface area is 151 Å².